The van der Waals surface area contributed by atoms with Crippen LogP contribution in [0.1, 0.15) is 16.8 Å². The molecule has 0 saturated carbocycles. The van der Waals surface area contributed by atoms with Crippen molar-refractivity contribution in [1.82, 2.24) is 9.78 Å². The Bertz CT molecular complexity index is 1720. The molecule has 0 fully saturated rings. The summed E-state index contributed by atoms with van der Waals surface area (Å²) in [7, 11) is 1.29. The van der Waals surface area contributed by atoms with Crippen molar-refractivity contribution < 1.29 is 27.6 Å². The molecule has 0 aliphatic rings. The number of allylic oxidation sites excluding steroid dienone is 1. The first-order valence-electron chi connectivity index (χ1n) is 11.2. The van der Waals surface area contributed by atoms with E-state index in [0.29, 0.717) is 23.4 Å². The molecule has 0 unspecified atom stereocenters. The summed E-state index contributed by atoms with van der Waals surface area (Å²) in [5, 5.41) is 25.6. The second kappa shape index (κ2) is 10.9. The molecule has 0 aliphatic heterocycles. The second-order valence-corrected chi connectivity index (χ2v) is 8.06. The van der Waals surface area contributed by atoms with E-state index in [9.17, 15) is 28.5 Å². The quantitative estimate of drug-likeness (QED) is 0.117. The number of nitrogen functional groups attached to an aromatic ring is 1. The maximum Gasteiger partial charge on any atom is 0.416 e. The van der Waals surface area contributed by atoms with Gasteiger partial charge in [-0.15, -0.1) is 0 Å². The molecule has 3 aromatic carbocycles. The van der Waals surface area contributed by atoms with Gasteiger partial charge in [-0.05, 0) is 48.0 Å². The van der Waals surface area contributed by atoms with Crippen molar-refractivity contribution in [3.8, 4) is 29.0 Å². The smallest absolute Gasteiger partial charge is 0.416 e. The molecule has 0 atom stereocenters. The van der Waals surface area contributed by atoms with Crippen LogP contribution in [-0.4, -0.2) is 21.8 Å². The number of benzene rings is 3. The Balaban J connectivity index is 1.72. The number of rotatable bonds is 7. The first-order valence-corrected chi connectivity index (χ1v) is 11.2. The van der Waals surface area contributed by atoms with Crippen LogP contribution in [0.4, 0.5) is 30.4 Å². The predicted octanol–water partition coefficient (Wildman–Crippen LogP) is 6.80. The van der Waals surface area contributed by atoms with Crippen molar-refractivity contribution in [2.75, 3.05) is 12.8 Å². The fourth-order valence-electron chi connectivity index (χ4n) is 3.70. The molecule has 0 spiro atoms. The lowest BCUT2D eigenvalue weighted by Crippen LogP contribution is -2.06. The second-order valence-electron chi connectivity index (χ2n) is 8.06. The maximum absolute atomic E-state index is 13.0. The van der Waals surface area contributed by atoms with Gasteiger partial charge in [-0.1, -0.05) is 24.3 Å². The van der Waals surface area contributed by atoms with Gasteiger partial charge in [0.2, 0.25) is 5.75 Å². The van der Waals surface area contributed by atoms with E-state index in [1.807, 2.05) is 6.07 Å². The Kier molecular flexibility index (Phi) is 7.41. The van der Waals surface area contributed by atoms with E-state index in [1.54, 1.807) is 30.3 Å². The fraction of sp³-hybridized carbons (Fsp3) is 0.0741. The van der Waals surface area contributed by atoms with E-state index in [1.165, 1.54) is 36.1 Å². The van der Waals surface area contributed by atoms with Crippen LogP contribution < -0.4 is 15.2 Å². The molecule has 0 saturated heterocycles. The molecule has 1 aromatic heterocycles. The Morgan fingerprint density at radius 1 is 1.15 bits per heavy atom. The normalized spacial score (nSPS) is 11.4. The number of nitro groups is 1. The van der Waals surface area contributed by atoms with Crippen molar-refractivity contribution in [2.24, 2.45) is 0 Å². The van der Waals surface area contributed by atoms with Crippen molar-refractivity contribution >= 4 is 28.8 Å². The third-order valence-corrected chi connectivity index (χ3v) is 5.58. The average molecular weight is 546 g/mol. The van der Waals surface area contributed by atoms with Crippen molar-refractivity contribution in [3.63, 3.8) is 0 Å². The number of nitriles is 1. The number of hydrogen-bond acceptors (Lipinski definition) is 7. The van der Waals surface area contributed by atoms with Crippen molar-refractivity contribution in [2.45, 2.75) is 6.18 Å². The molecule has 40 heavy (non-hydrogen) atoms. The van der Waals surface area contributed by atoms with Gasteiger partial charge in [-0.3, -0.25) is 10.1 Å². The van der Waals surface area contributed by atoms with Gasteiger partial charge in [0.1, 0.15) is 17.6 Å². The molecular formula is C27H17F3N6O4. The molecule has 0 aliphatic carbocycles. The third-order valence-electron chi connectivity index (χ3n) is 5.58. The number of anilines is 1. The van der Waals surface area contributed by atoms with Gasteiger partial charge >= 0.3 is 11.9 Å². The molecule has 0 radical (unpaired) electrons. The molecule has 2 N–H and O–H groups in total. The summed E-state index contributed by atoms with van der Waals surface area (Å²) < 4.78 is 51.3. The van der Waals surface area contributed by atoms with Gasteiger partial charge in [0.15, 0.2) is 11.5 Å². The van der Waals surface area contributed by atoms with E-state index < -0.39 is 28.1 Å². The number of nitro benzene ring substituents is 1. The Labute approximate surface area is 224 Å². The number of nitrogens with zero attached hydrogens (tertiary/aromatic N) is 5. The molecule has 4 aromatic rings. The predicted molar refractivity (Wildman–Crippen MR) is 139 cm³/mol. The summed E-state index contributed by atoms with van der Waals surface area (Å²) in [6.45, 7) is 7.55. The number of para-hydroxylation sites is 1. The van der Waals surface area contributed by atoms with Crippen LogP contribution in [0.3, 0.4) is 0 Å². The van der Waals surface area contributed by atoms with E-state index in [0.717, 1.165) is 6.07 Å². The molecule has 0 amide bonds. The van der Waals surface area contributed by atoms with Crippen LogP contribution in [0.25, 0.3) is 22.2 Å². The zero-order valence-corrected chi connectivity index (χ0v) is 20.5. The summed E-state index contributed by atoms with van der Waals surface area (Å²) in [6.07, 6.45) is -3.35. The van der Waals surface area contributed by atoms with Gasteiger partial charge in [0.05, 0.1) is 35.4 Å². The molecule has 10 nitrogen and oxygen atoms in total. The lowest BCUT2D eigenvalue weighted by atomic mass is 10.1. The SMILES string of the molecule is [C-]#[N+]c1c(C(C#N)=Cc2ccc(Oc3ccc(C(F)(F)F)cc3[N+](=O)[O-])c(OC)c2)nn(-c2ccccc2)c1N. The standard InChI is InChI=1S/C27H17F3N6O4/c1-33-25-24(34-35(26(25)32)19-6-4-3-5-7-19)17(15-31)12-16-8-10-22(23(13-16)39-2)40-21-11-9-18(27(28,29)30)14-20(21)36(37)38/h3-14H,32H2,2H3. The van der Waals surface area contributed by atoms with Crippen molar-refractivity contribution in [3.05, 3.63) is 105 Å². The van der Waals surface area contributed by atoms with Crippen molar-refractivity contribution in [1.29, 1.82) is 5.26 Å². The fourth-order valence-corrected chi connectivity index (χ4v) is 3.70. The summed E-state index contributed by atoms with van der Waals surface area (Å²) in [5.41, 5.74) is 5.11. The Hall–Kier alpha value is -5.82. The molecule has 1 heterocycles. The molecule has 4 rings (SSSR count). The lowest BCUT2D eigenvalue weighted by Gasteiger charge is -2.13. The van der Waals surface area contributed by atoms with Gasteiger partial charge in [-0.25, -0.2) is 9.53 Å². The molecule has 13 heteroatoms. The Morgan fingerprint density at radius 2 is 1.85 bits per heavy atom. The number of nitrogens with two attached hydrogens (primary N) is 1. The minimum atomic E-state index is -4.78. The Morgan fingerprint density at radius 3 is 2.45 bits per heavy atom. The topological polar surface area (TPSA) is 134 Å². The van der Waals surface area contributed by atoms with E-state index in [4.69, 9.17) is 21.8 Å². The number of methoxy groups -OCH3 is 1. The van der Waals surface area contributed by atoms with E-state index in [-0.39, 0.29) is 34.3 Å². The number of alkyl halides is 3. The highest BCUT2D eigenvalue weighted by Gasteiger charge is 2.33. The highest BCUT2D eigenvalue weighted by atomic mass is 19.4. The zero-order chi connectivity index (χ0) is 29.0. The number of halogens is 3. The van der Waals surface area contributed by atoms with Crippen LogP contribution in [0, 0.1) is 28.0 Å². The van der Waals surface area contributed by atoms with Gasteiger partial charge in [-0.2, -0.15) is 23.5 Å². The maximum atomic E-state index is 13.0. The van der Waals surface area contributed by atoms with Crippen LogP contribution in [-0.2, 0) is 6.18 Å². The first kappa shape index (κ1) is 27.2. The van der Waals surface area contributed by atoms with Crippen LogP contribution in [0.5, 0.6) is 17.2 Å². The third kappa shape index (κ3) is 5.39. The largest absolute Gasteiger partial charge is 0.493 e. The molecular weight excluding hydrogens is 529 g/mol. The van der Waals surface area contributed by atoms with Gasteiger partial charge in [0, 0.05) is 6.07 Å². The lowest BCUT2D eigenvalue weighted by molar-refractivity contribution is -0.385. The summed E-state index contributed by atoms with van der Waals surface area (Å²) >= 11 is 0. The highest BCUT2D eigenvalue weighted by molar-refractivity contribution is 5.95. The number of aromatic nitrogens is 2. The summed E-state index contributed by atoms with van der Waals surface area (Å²) in [5.74, 6) is -0.335. The minimum Gasteiger partial charge on any atom is -0.493 e. The zero-order valence-electron chi connectivity index (χ0n) is 20.5. The highest BCUT2D eigenvalue weighted by Crippen LogP contribution is 2.41. The number of ether oxygens (including phenoxy) is 2. The van der Waals surface area contributed by atoms with Crippen LogP contribution in [0.2, 0.25) is 0 Å². The van der Waals surface area contributed by atoms with Crippen LogP contribution >= 0.6 is 0 Å². The summed E-state index contributed by atoms with van der Waals surface area (Å²) in [4.78, 5) is 13.9. The van der Waals surface area contributed by atoms with E-state index in [2.05, 4.69) is 9.94 Å². The van der Waals surface area contributed by atoms with Gasteiger partial charge < -0.3 is 15.2 Å². The minimum absolute atomic E-state index is 0.0153. The molecule has 0 bridgehead atoms. The monoisotopic (exact) mass is 546 g/mol. The van der Waals surface area contributed by atoms with E-state index >= 15 is 0 Å². The van der Waals surface area contributed by atoms with Gasteiger partial charge in [0.25, 0.3) is 5.69 Å². The first-order chi connectivity index (χ1) is 19.1. The average Bonchev–Trinajstić information content (AvgIpc) is 3.28. The summed E-state index contributed by atoms with van der Waals surface area (Å²) in [6, 6.07) is 17.0. The molecule has 200 valence electrons. The number of hydrogen-bond donors (Lipinski definition) is 1. The van der Waals surface area contributed by atoms with Crippen LogP contribution in [0.15, 0.2) is 66.7 Å².